The van der Waals surface area contributed by atoms with Crippen molar-refractivity contribution in [1.29, 1.82) is 0 Å². The van der Waals surface area contributed by atoms with E-state index in [1.54, 1.807) is 0 Å². The first kappa shape index (κ1) is 28.5. The van der Waals surface area contributed by atoms with Crippen LogP contribution in [0.2, 0.25) is 0 Å². The van der Waals surface area contributed by atoms with Crippen molar-refractivity contribution in [2.24, 2.45) is 21.5 Å². The first-order valence-corrected chi connectivity index (χ1v) is 10.2. The minimum absolute atomic E-state index is 0. The lowest BCUT2D eigenvalue weighted by molar-refractivity contribution is -0.0431. The van der Waals surface area contributed by atoms with E-state index in [0.717, 1.165) is 17.8 Å². The van der Waals surface area contributed by atoms with E-state index in [1.165, 1.54) is 22.3 Å². The van der Waals surface area contributed by atoms with Crippen LogP contribution in [0.4, 0.5) is 11.4 Å². The van der Waals surface area contributed by atoms with Crippen LogP contribution in [0.15, 0.2) is 46.4 Å². The number of nitrogens with two attached hydrogens (primary N) is 2. The number of rotatable bonds is 4. The Kier molecular flexibility index (Phi) is 9.56. The van der Waals surface area contributed by atoms with Gasteiger partial charge in [0.15, 0.2) is 0 Å². The second-order valence-corrected chi connectivity index (χ2v) is 9.49. The number of benzene rings is 2. The molecule has 2 aromatic rings. The molecule has 1 aliphatic carbocycles. The molecule has 0 amide bonds. The van der Waals surface area contributed by atoms with E-state index in [9.17, 15) is 0 Å². The third-order valence-electron chi connectivity index (χ3n) is 4.27. The summed E-state index contributed by atoms with van der Waals surface area (Å²) in [6.07, 6.45) is 0.787. The molecule has 0 radical (unpaired) electrons. The smallest absolute Gasteiger partial charge is 0.218 e. The van der Waals surface area contributed by atoms with Crippen LogP contribution in [-0.4, -0.2) is 23.1 Å². The van der Waals surface area contributed by atoms with Crippen molar-refractivity contribution in [3.05, 3.63) is 47.5 Å². The van der Waals surface area contributed by atoms with Gasteiger partial charge in [-0.15, -0.1) is 24.8 Å². The van der Waals surface area contributed by atoms with Crippen LogP contribution in [0.25, 0.3) is 11.1 Å². The van der Waals surface area contributed by atoms with E-state index >= 15 is 0 Å². The quantitative estimate of drug-likeness (QED) is 0.237. The Labute approximate surface area is 208 Å². The number of nitrogens with zero attached hydrogens (tertiary/aromatic N) is 2. The lowest BCUT2D eigenvalue weighted by Crippen LogP contribution is -2.38. The van der Waals surface area contributed by atoms with Crippen molar-refractivity contribution >= 4 is 48.1 Å². The molecule has 0 aromatic heterocycles. The molecule has 6 N–H and O–H groups in total. The molecule has 0 spiro atoms. The van der Waals surface area contributed by atoms with E-state index < -0.39 is 0 Å². The Bertz CT molecular complexity index is 945. The second-order valence-electron chi connectivity index (χ2n) is 9.49. The topological polar surface area (TPSA) is 119 Å². The molecule has 0 unspecified atom stereocenters. The highest BCUT2D eigenvalue weighted by molar-refractivity contribution is 5.86. The molecule has 10 heteroatoms. The van der Waals surface area contributed by atoms with Gasteiger partial charge >= 0.3 is 0 Å². The third kappa shape index (κ3) is 8.40. The lowest BCUT2D eigenvalue weighted by atomic mass is 10.1. The minimum atomic E-state index is -0.363. The van der Waals surface area contributed by atoms with Gasteiger partial charge in [-0.3, -0.25) is 9.68 Å². The fourth-order valence-corrected chi connectivity index (χ4v) is 3.06. The normalized spacial score (nSPS) is 13.4. The molecule has 3 rings (SSSR count). The molecule has 0 saturated heterocycles. The van der Waals surface area contributed by atoms with E-state index in [2.05, 4.69) is 33.1 Å². The highest BCUT2D eigenvalue weighted by atomic mass is 35.5. The Morgan fingerprint density at radius 2 is 1.09 bits per heavy atom. The Morgan fingerprint density at radius 3 is 1.42 bits per heavy atom. The summed E-state index contributed by atoms with van der Waals surface area (Å²) in [6.45, 7) is 11.6. The molecule has 0 saturated carbocycles. The Morgan fingerprint density at radius 1 is 0.727 bits per heavy atom. The van der Waals surface area contributed by atoms with Crippen LogP contribution in [0.5, 0.6) is 0 Å². The zero-order valence-corrected chi connectivity index (χ0v) is 21.5. The van der Waals surface area contributed by atoms with E-state index in [1.807, 2.05) is 65.8 Å². The molecule has 0 atom stereocenters. The predicted octanol–water partition coefficient (Wildman–Crippen LogP) is 4.63. The van der Waals surface area contributed by atoms with Gasteiger partial charge in [-0.05, 0) is 94.5 Å². The third-order valence-corrected chi connectivity index (χ3v) is 4.27. The molecule has 182 valence electrons. The van der Waals surface area contributed by atoms with Gasteiger partial charge in [-0.25, -0.2) is 20.9 Å². The molecule has 0 aliphatic heterocycles. The van der Waals surface area contributed by atoms with Crippen LogP contribution in [0, 0.1) is 0 Å². The number of hydrogen-bond donors (Lipinski definition) is 4. The Hall–Kier alpha value is -2.52. The van der Waals surface area contributed by atoms with Crippen LogP contribution in [0.3, 0.4) is 0 Å². The van der Waals surface area contributed by atoms with Crippen molar-refractivity contribution in [2.45, 2.75) is 59.2 Å². The van der Waals surface area contributed by atoms with Gasteiger partial charge < -0.3 is 11.5 Å². The molecular formula is C23H34Cl2N6O2. The van der Waals surface area contributed by atoms with Gasteiger partial charge in [0.2, 0.25) is 11.9 Å². The summed E-state index contributed by atoms with van der Waals surface area (Å²) in [5.74, 6) is 0.421. The fraction of sp³-hybridized carbons (Fsp3) is 0.391. The van der Waals surface area contributed by atoms with Gasteiger partial charge in [0.1, 0.15) is 0 Å². The van der Waals surface area contributed by atoms with Crippen molar-refractivity contribution in [2.75, 3.05) is 0 Å². The van der Waals surface area contributed by atoms with Gasteiger partial charge in [0.25, 0.3) is 0 Å². The minimum Gasteiger partial charge on any atom is -0.368 e. The van der Waals surface area contributed by atoms with E-state index in [0.29, 0.717) is 0 Å². The maximum absolute atomic E-state index is 5.93. The number of guanidine groups is 2. The zero-order chi connectivity index (χ0) is 22.8. The van der Waals surface area contributed by atoms with Gasteiger partial charge in [-0.2, -0.15) is 0 Å². The zero-order valence-electron chi connectivity index (χ0n) is 19.9. The van der Waals surface area contributed by atoms with Gasteiger partial charge in [-0.1, -0.05) is 12.1 Å². The summed E-state index contributed by atoms with van der Waals surface area (Å²) < 4.78 is 0. The Balaban J connectivity index is 0.00000272. The lowest BCUT2D eigenvalue weighted by Gasteiger charge is -2.19. The van der Waals surface area contributed by atoms with Crippen LogP contribution in [-0.2, 0) is 16.1 Å². The molecule has 0 fully saturated rings. The number of hydrogen-bond acceptors (Lipinski definition) is 4. The molecule has 0 bridgehead atoms. The van der Waals surface area contributed by atoms with Crippen molar-refractivity contribution in [3.63, 3.8) is 0 Å². The molecule has 0 heterocycles. The van der Waals surface area contributed by atoms with Crippen molar-refractivity contribution in [3.8, 4) is 11.1 Å². The second kappa shape index (κ2) is 11.1. The maximum Gasteiger partial charge on any atom is 0.218 e. The molecule has 8 nitrogen and oxygen atoms in total. The van der Waals surface area contributed by atoms with E-state index in [-0.39, 0.29) is 47.9 Å². The summed E-state index contributed by atoms with van der Waals surface area (Å²) in [5, 5.41) is 0. The molecule has 33 heavy (non-hydrogen) atoms. The first-order chi connectivity index (χ1) is 14.4. The summed E-state index contributed by atoms with van der Waals surface area (Å²) in [4.78, 5) is 19.7. The number of nitrogens with one attached hydrogen (secondary N) is 2. The van der Waals surface area contributed by atoms with Gasteiger partial charge in [0, 0.05) is 0 Å². The highest BCUT2D eigenvalue weighted by Gasteiger charge is 2.19. The van der Waals surface area contributed by atoms with Crippen LogP contribution in [0.1, 0.15) is 52.7 Å². The number of aliphatic imine (C=N–C) groups is 2. The largest absolute Gasteiger partial charge is 0.368 e. The molecular weight excluding hydrogens is 463 g/mol. The number of halogens is 2. The standard InChI is InChI=1S/C23H32N6O2.2ClH/c1-22(2,3)30-28-20(24)26-16-7-9-18-14(12-16)11-15-13-17(8-10-19(15)18)27-21(25)29-31-23(4,5)6;;/h7-10,12-13H,11H2,1-6H3,(H3,24,26,28)(H3,25,27,29);2*1H. The molecule has 1 aliphatic rings. The maximum atomic E-state index is 5.93. The van der Waals surface area contributed by atoms with E-state index in [4.69, 9.17) is 21.1 Å². The van der Waals surface area contributed by atoms with Crippen LogP contribution >= 0.6 is 24.8 Å². The summed E-state index contributed by atoms with van der Waals surface area (Å²) in [6, 6.07) is 12.1. The van der Waals surface area contributed by atoms with Crippen LogP contribution < -0.4 is 22.4 Å². The first-order valence-electron chi connectivity index (χ1n) is 10.2. The monoisotopic (exact) mass is 496 g/mol. The predicted molar refractivity (Wildman–Crippen MR) is 140 cm³/mol. The summed E-state index contributed by atoms with van der Waals surface area (Å²) in [7, 11) is 0. The average Bonchev–Trinajstić information content (AvgIpc) is 3.00. The molecule has 2 aromatic carbocycles. The number of fused-ring (bicyclic) bond motifs is 3. The van der Waals surface area contributed by atoms with Crippen molar-refractivity contribution < 1.29 is 9.68 Å². The highest BCUT2D eigenvalue weighted by Crippen LogP contribution is 2.39. The fourth-order valence-electron chi connectivity index (χ4n) is 3.06. The average molecular weight is 497 g/mol. The van der Waals surface area contributed by atoms with Crippen molar-refractivity contribution in [1.82, 2.24) is 11.0 Å². The SMILES string of the molecule is CC(C)(C)ONC(N)=Nc1ccc2c(c1)Cc1cc(N=C(N)NOC(C)(C)C)ccc1-2.Cl.Cl. The number of hydroxylamine groups is 2. The summed E-state index contributed by atoms with van der Waals surface area (Å²) >= 11 is 0. The summed E-state index contributed by atoms with van der Waals surface area (Å²) in [5.41, 5.74) is 22.8. The van der Waals surface area contributed by atoms with Gasteiger partial charge in [0.05, 0.1) is 22.6 Å².